The summed E-state index contributed by atoms with van der Waals surface area (Å²) in [4.78, 5) is 10.8. The van der Waals surface area contributed by atoms with Gasteiger partial charge >= 0.3 is 6.18 Å². The number of nitrogens with one attached hydrogen (secondary N) is 1. The highest BCUT2D eigenvalue weighted by Crippen LogP contribution is 2.19. The lowest BCUT2D eigenvalue weighted by Gasteiger charge is -2.11. The third-order valence-corrected chi connectivity index (χ3v) is 2.27. The molecule has 0 fully saturated rings. The molecular formula is C8H13BrF3NO. The average molecular weight is 276 g/mol. The van der Waals surface area contributed by atoms with Gasteiger partial charge in [0.1, 0.15) is 6.42 Å². The van der Waals surface area contributed by atoms with Crippen molar-refractivity contribution < 1.29 is 18.0 Å². The molecular weight excluding hydrogens is 263 g/mol. The molecule has 6 heteroatoms. The number of carbonyl (C=O) groups is 1. The average Bonchev–Trinajstić information content (AvgIpc) is 1.98. The fourth-order valence-electron chi connectivity index (χ4n) is 0.884. The maximum absolute atomic E-state index is 11.7. The summed E-state index contributed by atoms with van der Waals surface area (Å²) in [5.74, 6) is -0.974. The molecule has 1 N–H and O–H groups in total. The quantitative estimate of drug-likeness (QED) is 0.768. The van der Waals surface area contributed by atoms with Crippen molar-refractivity contribution in [3.8, 4) is 0 Å². The van der Waals surface area contributed by atoms with Crippen molar-refractivity contribution in [1.29, 1.82) is 0 Å². The van der Waals surface area contributed by atoms with Crippen LogP contribution in [-0.4, -0.2) is 23.5 Å². The van der Waals surface area contributed by atoms with Crippen LogP contribution in [0.4, 0.5) is 13.2 Å². The van der Waals surface area contributed by atoms with Gasteiger partial charge in [0, 0.05) is 11.4 Å². The minimum Gasteiger partial charge on any atom is -0.355 e. The molecule has 0 aliphatic heterocycles. The van der Waals surface area contributed by atoms with E-state index < -0.39 is 18.5 Å². The van der Waals surface area contributed by atoms with Gasteiger partial charge in [0.2, 0.25) is 5.91 Å². The van der Waals surface area contributed by atoms with E-state index in [1.165, 1.54) is 0 Å². The predicted octanol–water partition coefficient (Wildman–Crippen LogP) is 2.62. The van der Waals surface area contributed by atoms with E-state index in [0.29, 0.717) is 0 Å². The molecule has 0 radical (unpaired) electrons. The van der Waals surface area contributed by atoms with Crippen molar-refractivity contribution in [3.63, 3.8) is 0 Å². The molecule has 0 aliphatic rings. The summed E-state index contributed by atoms with van der Waals surface area (Å²) in [5.41, 5.74) is 0. The van der Waals surface area contributed by atoms with Gasteiger partial charge in [-0.2, -0.15) is 13.2 Å². The van der Waals surface area contributed by atoms with Crippen LogP contribution in [0.3, 0.4) is 0 Å². The van der Waals surface area contributed by atoms with E-state index in [9.17, 15) is 18.0 Å². The molecule has 0 heterocycles. The fraction of sp³-hybridized carbons (Fsp3) is 0.875. The lowest BCUT2D eigenvalue weighted by molar-refractivity contribution is -0.153. The number of hydrogen-bond acceptors (Lipinski definition) is 1. The molecule has 14 heavy (non-hydrogen) atoms. The van der Waals surface area contributed by atoms with Gasteiger partial charge in [-0.25, -0.2) is 0 Å². The zero-order valence-electron chi connectivity index (χ0n) is 7.83. The third-order valence-electron chi connectivity index (χ3n) is 1.48. The number of rotatable bonds is 5. The third kappa shape index (κ3) is 8.34. The van der Waals surface area contributed by atoms with Crippen molar-refractivity contribution in [2.75, 3.05) is 6.54 Å². The zero-order valence-corrected chi connectivity index (χ0v) is 9.41. The van der Waals surface area contributed by atoms with E-state index in [-0.39, 0.29) is 11.4 Å². The number of halogens is 4. The van der Waals surface area contributed by atoms with E-state index in [4.69, 9.17) is 0 Å². The Morgan fingerprint density at radius 2 is 2.07 bits per heavy atom. The van der Waals surface area contributed by atoms with Crippen LogP contribution in [0.1, 0.15) is 26.2 Å². The molecule has 1 atom stereocenters. The molecule has 1 unspecified atom stereocenters. The van der Waals surface area contributed by atoms with Crippen molar-refractivity contribution >= 4 is 21.8 Å². The molecule has 0 saturated heterocycles. The molecule has 0 aromatic rings. The molecule has 0 rings (SSSR count). The smallest absolute Gasteiger partial charge is 0.355 e. The summed E-state index contributed by atoms with van der Waals surface area (Å²) >= 11 is 3.25. The fourth-order valence-corrected chi connectivity index (χ4v) is 1.50. The van der Waals surface area contributed by atoms with Crippen molar-refractivity contribution in [2.24, 2.45) is 0 Å². The minimum absolute atomic E-state index is 0.0460. The predicted molar refractivity (Wildman–Crippen MR) is 51.3 cm³/mol. The van der Waals surface area contributed by atoms with Gasteiger partial charge in [-0.3, -0.25) is 4.79 Å². The van der Waals surface area contributed by atoms with Crippen LogP contribution < -0.4 is 5.32 Å². The topological polar surface area (TPSA) is 29.1 Å². The lowest BCUT2D eigenvalue weighted by Crippen LogP contribution is -2.32. The Morgan fingerprint density at radius 3 is 2.50 bits per heavy atom. The van der Waals surface area contributed by atoms with E-state index >= 15 is 0 Å². The molecule has 1 amide bonds. The van der Waals surface area contributed by atoms with Crippen LogP contribution >= 0.6 is 15.9 Å². The Balaban J connectivity index is 3.64. The zero-order chi connectivity index (χ0) is 11.2. The Hall–Kier alpha value is -0.260. The first kappa shape index (κ1) is 13.7. The number of carbonyl (C=O) groups excluding carboxylic acids is 1. The highest BCUT2D eigenvalue weighted by molar-refractivity contribution is 9.09. The second-order valence-electron chi connectivity index (χ2n) is 2.98. The number of amides is 1. The van der Waals surface area contributed by atoms with Gasteiger partial charge in [-0.1, -0.05) is 29.3 Å². The molecule has 84 valence electrons. The summed E-state index contributed by atoms with van der Waals surface area (Å²) < 4.78 is 35.1. The summed E-state index contributed by atoms with van der Waals surface area (Å²) in [5, 5.41) is 2.22. The SMILES string of the molecule is CCCC(Br)CNC(=O)CC(F)(F)F. The van der Waals surface area contributed by atoms with Gasteiger partial charge in [0.05, 0.1) is 0 Å². The maximum atomic E-state index is 11.7. The molecule has 0 bridgehead atoms. The largest absolute Gasteiger partial charge is 0.397 e. The summed E-state index contributed by atoms with van der Waals surface area (Å²) in [6, 6.07) is 0. The number of alkyl halides is 4. The van der Waals surface area contributed by atoms with Gasteiger partial charge in [0.15, 0.2) is 0 Å². The van der Waals surface area contributed by atoms with Crippen LogP contribution in [0.25, 0.3) is 0 Å². The molecule has 2 nitrogen and oxygen atoms in total. The maximum Gasteiger partial charge on any atom is 0.397 e. The second-order valence-corrected chi connectivity index (χ2v) is 4.28. The molecule has 0 spiro atoms. The van der Waals surface area contributed by atoms with Crippen LogP contribution in [0.2, 0.25) is 0 Å². The Morgan fingerprint density at radius 1 is 1.50 bits per heavy atom. The van der Waals surface area contributed by atoms with E-state index in [1.807, 2.05) is 6.92 Å². The number of hydrogen-bond donors (Lipinski definition) is 1. The van der Waals surface area contributed by atoms with Crippen molar-refractivity contribution in [3.05, 3.63) is 0 Å². The van der Waals surface area contributed by atoms with E-state index in [0.717, 1.165) is 12.8 Å². The first-order chi connectivity index (χ1) is 6.35. The Bertz CT molecular complexity index is 184. The Labute approximate surface area is 89.4 Å². The molecule has 0 aromatic heterocycles. The highest BCUT2D eigenvalue weighted by atomic mass is 79.9. The minimum atomic E-state index is -4.42. The van der Waals surface area contributed by atoms with Crippen LogP contribution in [0, 0.1) is 0 Å². The Kier molecular flexibility index (Phi) is 6.15. The standard InChI is InChI=1S/C8H13BrF3NO/c1-2-3-6(9)5-13-7(14)4-8(10,11)12/h6H,2-5H2,1H3,(H,13,14). The first-order valence-corrected chi connectivity index (χ1v) is 5.24. The molecule has 0 saturated carbocycles. The normalized spacial score (nSPS) is 13.8. The van der Waals surface area contributed by atoms with Crippen LogP contribution in [-0.2, 0) is 4.79 Å². The van der Waals surface area contributed by atoms with Crippen molar-refractivity contribution in [1.82, 2.24) is 5.32 Å². The van der Waals surface area contributed by atoms with E-state index in [2.05, 4.69) is 21.2 Å². The second kappa shape index (κ2) is 6.27. The van der Waals surface area contributed by atoms with Gasteiger partial charge in [-0.05, 0) is 6.42 Å². The summed E-state index contributed by atoms with van der Waals surface area (Å²) in [6.45, 7) is 2.20. The van der Waals surface area contributed by atoms with Gasteiger partial charge in [-0.15, -0.1) is 0 Å². The monoisotopic (exact) mass is 275 g/mol. The lowest BCUT2D eigenvalue weighted by atomic mass is 10.2. The van der Waals surface area contributed by atoms with Gasteiger partial charge in [0.25, 0.3) is 0 Å². The summed E-state index contributed by atoms with van der Waals surface area (Å²) in [6.07, 6.45) is -4.08. The molecule has 0 aliphatic carbocycles. The van der Waals surface area contributed by atoms with Gasteiger partial charge < -0.3 is 5.32 Å². The van der Waals surface area contributed by atoms with Crippen LogP contribution in [0.5, 0.6) is 0 Å². The first-order valence-electron chi connectivity index (χ1n) is 4.32. The summed E-state index contributed by atoms with van der Waals surface area (Å²) in [7, 11) is 0. The highest BCUT2D eigenvalue weighted by Gasteiger charge is 2.31. The molecule has 0 aromatic carbocycles. The van der Waals surface area contributed by atoms with Crippen LogP contribution in [0.15, 0.2) is 0 Å². The van der Waals surface area contributed by atoms with E-state index in [1.54, 1.807) is 0 Å². The van der Waals surface area contributed by atoms with Crippen molar-refractivity contribution in [2.45, 2.75) is 37.2 Å².